The van der Waals surface area contributed by atoms with E-state index in [9.17, 15) is 15.0 Å². The molecular weight excluding hydrogens is 156 g/mol. The highest BCUT2D eigenvalue weighted by atomic mass is 16.4. The number of carboxylic acid groups (broad SMARTS) is 1. The van der Waals surface area contributed by atoms with Crippen LogP contribution in [0.1, 0.15) is 13.3 Å². The van der Waals surface area contributed by atoms with Gasteiger partial charge in [0.15, 0.2) is 0 Å². The number of hydrogen-bond donors (Lipinski definition) is 1. The highest BCUT2D eigenvalue weighted by molar-refractivity contribution is 5.65. The number of carboxylic acids is 1. The lowest BCUT2D eigenvalue weighted by molar-refractivity contribution is -0.307. The molecule has 3 heteroatoms. The van der Waals surface area contributed by atoms with E-state index in [4.69, 9.17) is 0 Å². The molecule has 0 fully saturated rings. The van der Waals surface area contributed by atoms with Crippen LogP contribution in [-0.2, 0) is 4.79 Å². The highest BCUT2D eigenvalue weighted by Gasteiger charge is 2.28. The zero-order chi connectivity index (χ0) is 9.19. The van der Waals surface area contributed by atoms with Crippen molar-refractivity contribution in [1.82, 2.24) is 0 Å². The molecule has 2 unspecified atom stereocenters. The fourth-order valence-electron chi connectivity index (χ4n) is 1.22. The molecule has 1 N–H and O–H groups in total. The Morgan fingerprint density at radius 3 is 2.83 bits per heavy atom. The van der Waals surface area contributed by atoms with Crippen molar-refractivity contribution in [2.24, 2.45) is 5.92 Å². The second-order valence-electron chi connectivity index (χ2n) is 3.15. The van der Waals surface area contributed by atoms with Gasteiger partial charge in [0.25, 0.3) is 0 Å². The number of carbonyl (C=O) groups is 1. The summed E-state index contributed by atoms with van der Waals surface area (Å²) < 4.78 is 0. The molecule has 0 spiro atoms. The number of carbonyl (C=O) groups excluding carboxylic acids is 1. The number of hydrogen-bond acceptors (Lipinski definition) is 3. The Bertz CT molecular complexity index is 238. The van der Waals surface area contributed by atoms with Gasteiger partial charge in [-0.2, -0.15) is 0 Å². The summed E-state index contributed by atoms with van der Waals surface area (Å²) in [5.41, 5.74) is -1.06. The molecule has 0 aromatic heterocycles. The number of allylic oxidation sites excluding steroid dienone is 2. The van der Waals surface area contributed by atoms with Gasteiger partial charge >= 0.3 is 0 Å². The zero-order valence-corrected chi connectivity index (χ0v) is 6.86. The molecular formula is C9H11O3-. The van der Waals surface area contributed by atoms with E-state index in [0.29, 0.717) is 0 Å². The average Bonchev–Trinajstić information content (AvgIpc) is 1.92. The van der Waals surface area contributed by atoms with E-state index >= 15 is 0 Å². The van der Waals surface area contributed by atoms with Crippen LogP contribution in [0.15, 0.2) is 24.3 Å². The van der Waals surface area contributed by atoms with Crippen LogP contribution in [0.25, 0.3) is 0 Å². The van der Waals surface area contributed by atoms with E-state index in [0.717, 1.165) is 0 Å². The Labute approximate surface area is 71.0 Å². The third-order valence-corrected chi connectivity index (χ3v) is 2.03. The third-order valence-electron chi connectivity index (χ3n) is 2.03. The molecule has 0 saturated carbocycles. The maximum absolute atomic E-state index is 10.3. The van der Waals surface area contributed by atoms with Gasteiger partial charge in [-0.3, -0.25) is 0 Å². The standard InChI is InChI=1S/C9H12O3/c1-9(12)5-3-2-4-7(9)6-8(10)11/h2-5,7,12H,6H2,1H3,(H,10,11)/p-1. The second-order valence-corrected chi connectivity index (χ2v) is 3.15. The van der Waals surface area contributed by atoms with E-state index in [1.165, 1.54) is 0 Å². The number of rotatable bonds is 2. The summed E-state index contributed by atoms with van der Waals surface area (Å²) in [6.07, 6.45) is 6.54. The molecule has 0 aromatic carbocycles. The van der Waals surface area contributed by atoms with Crippen molar-refractivity contribution >= 4 is 5.97 Å². The molecule has 0 aliphatic heterocycles. The van der Waals surface area contributed by atoms with Gasteiger partial charge in [-0.1, -0.05) is 24.3 Å². The molecule has 0 saturated heterocycles. The van der Waals surface area contributed by atoms with Crippen LogP contribution >= 0.6 is 0 Å². The van der Waals surface area contributed by atoms with Gasteiger partial charge in [-0.25, -0.2) is 0 Å². The zero-order valence-electron chi connectivity index (χ0n) is 6.86. The van der Waals surface area contributed by atoms with Crippen LogP contribution in [0.2, 0.25) is 0 Å². The largest absolute Gasteiger partial charge is 0.550 e. The van der Waals surface area contributed by atoms with E-state index in [2.05, 4.69) is 0 Å². The topological polar surface area (TPSA) is 60.4 Å². The van der Waals surface area contributed by atoms with E-state index in [1.54, 1.807) is 31.2 Å². The normalized spacial score (nSPS) is 33.7. The predicted molar refractivity (Wildman–Crippen MR) is 42.0 cm³/mol. The maximum atomic E-state index is 10.3. The summed E-state index contributed by atoms with van der Waals surface area (Å²) >= 11 is 0. The Morgan fingerprint density at radius 2 is 2.33 bits per heavy atom. The summed E-state index contributed by atoms with van der Waals surface area (Å²) in [6.45, 7) is 1.58. The SMILES string of the molecule is CC1(O)C=CC=CC1CC(=O)[O-]. The fraction of sp³-hybridized carbons (Fsp3) is 0.444. The molecule has 0 aromatic rings. The maximum Gasteiger partial charge on any atom is 0.0868 e. The minimum atomic E-state index is -1.14. The lowest BCUT2D eigenvalue weighted by Gasteiger charge is -2.30. The smallest absolute Gasteiger partial charge is 0.0868 e. The Kier molecular flexibility index (Phi) is 2.33. The van der Waals surface area contributed by atoms with Crippen molar-refractivity contribution in [1.29, 1.82) is 0 Å². The van der Waals surface area contributed by atoms with Crippen molar-refractivity contribution < 1.29 is 15.0 Å². The molecule has 1 rings (SSSR count). The molecule has 0 amide bonds. The van der Waals surface area contributed by atoms with Crippen LogP contribution in [0, 0.1) is 5.92 Å². The Morgan fingerprint density at radius 1 is 1.67 bits per heavy atom. The molecule has 0 radical (unpaired) electrons. The van der Waals surface area contributed by atoms with Crippen molar-refractivity contribution in [3.05, 3.63) is 24.3 Å². The van der Waals surface area contributed by atoms with Crippen molar-refractivity contribution in [2.45, 2.75) is 18.9 Å². The molecule has 0 heterocycles. The van der Waals surface area contributed by atoms with E-state index < -0.39 is 11.6 Å². The minimum Gasteiger partial charge on any atom is -0.550 e. The minimum absolute atomic E-state index is 0.145. The Hall–Kier alpha value is -1.09. The highest BCUT2D eigenvalue weighted by Crippen LogP contribution is 2.26. The van der Waals surface area contributed by atoms with Gasteiger partial charge in [-0.05, 0) is 13.3 Å². The molecule has 66 valence electrons. The lowest BCUT2D eigenvalue weighted by Crippen LogP contribution is -2.37. The molecule has 1 aliphatic carbocycles. The molecule has 1 aliphatic rings. The van der Waals surface area contributed by atoms with E-state index in [-0.39, 0.29) is 12.3 Å². The molecule has 0 bridgehead atoms. The van der Waals surface area contributed by atoms with Crippen LogP contribution in [0.5, 0.6) is 0 Å². The van der Waals surface area contributed by atoms with E-state index in [1.807, 2.05) is 0 Å². The summed E-state index contributed by atoms with van der Waals surface area (Å²) in [5.74, 6) is -1.52. The van der Waals surface area contributed by atoms with Crippen LogP contribution in [-0.4, -0.2) is 16.7 Å². The monoisotopic (exact) mass is 167 g/mol. The second kappa shape index (κ2) is 3.11. The number of aliphatic hydroxyl groups is 1. The van der Waals surface area contributed by atoms with Gasteiger partial charge in [0.1, 0.15) is 0 Å². The lowest BCUT2D eigenvalue weighted by atomic mass is 9.83. The van der Waals surface area contributed by atoms with Gasteiger partial charge in [-0.15, -0.1) is 0 Å². The summed E-state index contributed by atoms with van der Waals surface area (Å²) in [7, 11) is 0. The first-order valence-corrected chi connectivity index (χ1v) is 3.80. The van der Waals surface area contributed by atoms with Crippen molar-refractivity contribution in [2.75, 3.05) is 0 Å². The van der Waals surface area contributed by atoms with Gasteiger partial charge < -0.3 is 15.0 Å². The Balaban J connectivity index is 2.70. The summed E-state index contributed by atoms with van der Waals surface area (Å²) in [5, 5.41) is 19.9. The third kappa shape index (κ3) is 1.95. The van der Waals surface area contributed by atoms with Crippen LogP contribution in [0.4, 0.5) is 0 Å². The van der Waals surface area contributed by atoms with Crippen LogP contribution in [0.3, 0.4) is 0 Å². The first-order chi connectivity index (χ1) is 5.52. The molecule has 3 nitrogen and oxygen atoms in total. The quantitative estimate of drug-likeness (QED) is 0.609. The van der Waals surface area contributed by atoms with Crippen molar-refractivity contribution in [3.63, 3.8) is 0 Å². The van der Waals surface area contributed by atoms with Crippen molar-refractivity contribution in [3.8, 4) is 0 Å². The van der Waals surface area contributed by atoms with Gasteiger partial charge in [0.05, 0.1) is 5.60 Å². The summed E-state index contributed by atoms with van der Waals surface area (Å²) in [4.78, 5) is 10.3. The number of aliphatic carboxylic acids is 1. The first-order valence-electron chi connectivity index (χ1n) is 3.80. The van der Waals surface area contributed by atoms with Gasteiger partial charge in [0.2, 0.25) is 0 Å². The summed E-state index contributed by atoms with van der Waals surface area (Å²) in [6, 6.07) is 0. The fourth-order valence-corrected chi connectivity index (χ4v) is 1.22. The average molecular weight is 167 g/mol. The predicted octanol–water partition coefficient (Wildman–Crippen LogP) is -0.380. The molecule has 12 heavy (non-hydrogen) atoms. The molecule has 2 atom stereocenters. The van der Waals surface area contributed by atoms with Gasteiger partial charge in [0, 0.05) is 11.9 Å². The van der Waals surface area contributed by atoms with Crippen LogP contribution < -0.4 is 5.11 Å². The first kappa shape index (κ1) is 9.00.